The van der Waals surface area contributed by atoms with Crippen molar-refractivity contribution in [2.45, 2.75) is 13.0 Å². The molecule has 7 heteroatoms. The number of nitrogens with zero attached hydrogens (tertiary/aromatic N) is 1. The zero-order chi connectivity index (χ0) is 16.6. The second-order valence-corrected chi connectivity index (χ2v) is 7.07. The molecule has 0 saturated carbocycles. The van der Waals surface area contributed by atoms with E-state index >= 15 is 0 Å². The number of likely N-dealkylation sites (N-methyl/N-ethyl adjacent to an activating group) is 1. The molecule has 1 rings (SSSR count). The Kier molecular flexibility index (Phi) is 7.81. The Morgan fingerprint density at radius 3 is 2.36 bits per heavy atom. The fourth-order valence-corrected chi connectivity index (χ4v) is 2.96. The summed E-state index contributed by atoms with van der Waals surface area (Å²) < 4.78 is 36.6. The molecular formula is C15H26N2O4S. The van der Waals surface area contributed by atoms with Gasteiger partial charge in [0.25, 0.3) is 0 Å². The Morgan fingerprint density at radius 1 is 1.23 bits per heavy atom. The number of methoxy groups -OCH3 is 1. The highest BCUT2D eigenvalue weighted by Crippen LogP contribution is 2.21. The summed E-state index contributed by atoms with van der Waals surface area (Å²) in [4.78, 5) is 1.98. The van der Waals surface area contributed by atoms with Gasteiger partial charge in [0.1, 0.15) is 5.75 Å². The largest absolute Gasteiger partial charge is 0.494 e. The molecule has 0 bridgehead atoms. The first-order chi connectivity index (χ1) is 10.4. The summed E-state index contributed by atoms with van der Waals surface area (Å²) in [6.07, 6.45) is 0. The van der Waals surface area contributed by atoms with Crippen LogP contribution in [-0.4, -0.2) is 60.0 Å². The van der Waals surface area contributed by atoms with E-state index in [-0.39, 0.29) is 18.4 Å². The Hall–Kier alpha value is -1.15. The Bertz CT molecular complexity index is 529. The van der Waals surface area contributed by atoms with E-state index in [9.17, 15) is 8.42 Å². The summed E-state index contributed by atoms with van der Waals surface area (Å²) in [6.45, 7) is 3.05. The van der Waals surface area contributed by atoms with Crippen LogP contribution in [0.1, 0.15) is 18.5 Å². The van der Waals surface area contributed by atoms with Crippen molar-refractivity contribution >= 4 is 10.0 Å². The quantitative estimate of drug-likeness (QED) is 0.699. The number of nitrogens with one attached hydrogen (secondary N) is 1. The van der Waals surface area contributed by atoms with E-state index in [1.165, 1.54) is 7.11 Å². The molecule has 0 radical (unpaired) electrons. The van der Waals surface area contributed by atoms with Crippen molar-refractivity contribution < 1.29 is 17.9 Å². The number of sulfonamides is 1. The van der Waals surface area contributed by atoms with Gasteiger partial charge in [-0.05, 0) is 38.7 Å². The molecule has 1 atom stereocenters. The second kappa shape index (κ2) is 9.09. The minimum Gasteiger partial charge on any atom is -0.494 e. The van der Waals surface area contributed by atoms with Gasteiger partial charge in [-0.3, -0.25) is 0 Å². The maximum absolute atomic E-state index is 11.9. The lowest BCUT2D eigenvalue weighted by molar-refractivity contribution is 0.216. The first-order valence-corrected chi connectivity index (χ1v) is 8.90. The molecule has 126 valence electrons. The topological polar surface area (TPSA) is 67.9 Å². The van der Waals surface area contributed by atoms with Gasteiger partial charge in [0.05, 0.1) is 19.0 Å². The van der Waals surface area contributed by atoms with E-state index < -0.39 is 10.0 Å². The number of rotatable bonds is 10. The average molecular weight is 330 g/mol. The predicted octanol–water partition coefficient (Wildman–Crippen LogP) is 1.25. The molecule has 0 saturated heterocycles. The zero-order valence-electron chi connectivity index (χ0n) is 13.7. The summed E-state index contributed by atoms with van der Waals surface area (Å²) in [7, 11) is 2.00. The van der Waals surface area contributed by atoms with Crippen LogP contribution >= 0.6 is 0 Å². The summed E-state index contributed by atoms with van der Waals surface area (Å²) in [5.74, 6) is 0.775. The highest BCUT2D eigenvalue weighted by Gasteiger charge is 2.18. The van der Waals surface area contributed by atoms with Crippen LogP contribution in [0.5, 0.6) is 5.75 Å². The maximum Gasteiger partial charge on any atom is 0.213 e. The smallest absolute Gasteiger partial charge is 0.213 e. The van der Waals surface area contributed by atoms with Gasteiger partial charge in [0, 0.05) is 19.7 Å². The molecule has 0 heterocycles. The van der Waals surface area contributed by atoms with Gasteiger partial charge in [0.15, 0.2) is 0 Å². The minimum atomic E-state index is -3.32. The van der Waals surface area contributed by atoms with Crippen molar-refractivity contribution in [2.24, 2.45) is 0 Å². The SMILES string of the molecule is CCOc1ccc(C(CNS(=O)(=O)CCOC)N(C)C)cc1. The van der Waals surface area contributed by atoms with E-state index in [4.69, 9.17) is 9.47 Å². The van der Waals surface area contributed by atoms with E-state index in [0.717, 1.165) is 11.3 Å². The lowest BCUT2D eigenvalue weighted by atomic mass is 10.1. The van der Waals surface area contributed by atoms with Gasteiger partial charge in [0.2, 0.25) is 10.0 Å². The normalized spacial score (nSPS) is 13.3. The number of benzene rings is 1. The van der Waals surface area contributed by atoms with Crippen LogP contribution in [-0.2, 0) is 14.8 Å². The van der Waals surface area contributed by atoms with Crippen molar-refractivity contribution in [2.75, 3.05) is 46.7 Å². The summed E-state index contributed by atoms with van der Waals surface area (Å²) in [6, 6.07) is 7.66. The van der Waals surface area contributed by atoms with Crippen molar-refractivity contribution in [1.29, 1.82) is 0 Å². The van der Waals surface area contributed by atoms with E-state index in [2.05, 4.69) is 4.72 Å². The molecule has 0 spiro atoms. The summed E-state index contributed by atoms with van der Waals surface area (Å²) in [5.41, 5.74) is 1.03. The van der Waals surface area contributed by atoms with Crippen molar-refractivity contribution in [3.8, 4) is 5.75 Å². The Labute approximate surface area is 133 Å². The predicted molar refractivity (Wildman–Crippen MR) is 87.7 cm³/mol. The van der Waals surface area contributed by atoms with Crippen molar-refractivity contribution in [3.05, 3.63) is 29.8 Å². The third-order valence-electron chi connectivity index (χ3n) is 3.25. The molecule has 22 heavy (non-hydrogen) atoms. The third kappa shape index (κ3) is 6.31. The van der Waals surface area contributed by atoms with Crippen molar-refractivity contribution in [3.63, 3.8) is 0 Å². The fourth-order valence-electron chi connectivity index (χ4n) is 2.02. The molecule has 1 aromatic carbocycles. The molecule has 6 nitrogen and oxygen atoms in total. The number of ether oxygens (including phenoxy) is 2. The number of hydrogen-bond acceptors (Lipinski definition) is 5. The third-order valence-corrected chi connectivity index (χ3v) is 4.56. The highest BCUT2D eigenvalue weighted by molar-refractivity contribution is 7.89. The first-order valence-electron chi connectivity index (χ1n) is 7.25. The second-order valence-electron chi connectivity index (χ2n) is 5.14. The average Bonchev–Trinajstić information content (AvgIpc) is 2.47. The minimum absolute atomic E-state index is 0.0348. The standard InChI is InChI=1S/C15H26N2O4S/c1-5-21-14-8-6-13(7-9-14)15(17(2)3)12-16-22(18,19)11-10-20-4/h6-9,15-16H,5,10-12H2,1-4H3. The van der Waals surface area contributed by atoms with Crippen LogP contribution in [0, 0.1) is 0 Å². The molecule has 0 amide bonds. The van der Waals surface area contributed by atoms with Crippen LogP contribution in [0.3, 0.4) is 0 Å². The Balaban J connectivity index is 2.73. The van der Waals surface area contributed by atoms with Gasteiger partial charge in [-0.25, -0.2) is 13.1 Å². The van der Waals surface area contributed by atoms with Gasteiger partial charge < -0.3 is 14.4 Å². The fraction of sp³-hybridized carbons (Fsp3) is 0.600. The molecule has 1 unspecified atom stereocenters. The summed E-state index contributed by atoms with van der Waals surface area (Å²) in [5, 5.41) is 0. The van der Waals surface area contributed by atoms with E-state index in [1.807, 2.05) is 50.2 Å². The van der Waals surface area contributed by atoms with Gasteiger partial charge >= 0.3 is 0 Å². The Morgan fingerprint density at radius 2 is 1.86 bits per heavy atom. The van der Waals surface area contributed by atoms with Crippen LogP contribution in [0.4, 0.5) is 0 Å². The molecule has 1 N–H and O–H groups in total. The molecule has 0 fully saturated rings. The highest BCUT2D eigenvalue weighted by atomic mass is 32.2. The van der Waals surface area contributed by atoms with Crippen LogP contribution in [0.2, 0.25) is 0 Å². The van der Waals surface area contributed by atoms with Gasteiger partial charge in [-0.1, -0.05) is 12.1 Å². The molecule has 0 aliphatic heterocycles. The zero-order valence-corrected chi connectivity index (χ0v) is 14.5. The van der Waals surface area contributed by atoms with E-state index in [1.54, 1.807) is 0 Å². The van der Waals surface area contributed by atoms with Crippen LogP contribution in [0.15, 0.2) is 24.3 Å². The molecule has 0 aliphatic rings. The monoisotopic (exact) mass is 330 g/mol. The van der Waals surface area contributed by atoms with Gasteiger partial charge in [-0.2, -0.15) is 0 Å². The molecule has 0 aromatic heterocycles. The van der Waals surface area contributed by atoms with Crippen LogP contribution < -0.4 is 9.46 Å². The molecule has 1 aromatic rings. The van der Waals surface area contributed by atoms with Crippen LogP contribution in [0.25, 0.3) is 0 Å². The van der Waals surface area contributed by atoms with E-state index in [0.29, 0.717) is 13.2 Å². The lowest BCUT2D eigenvalue weighted by Gasteiger charge is -2.25. The molecule has 0 aliphatic carbocycles. The maximum atomic E-state index is 11.9. The van der Waals surface area contributed by atoms with Crippen molar-refractivity contribution in [1.82, 2.24) is 9.62 Å². The van der Waals surface area contributed by atoms with Gasteiger partial charge in [-0.15, -0.1) is 0 Å². The number of hydrogen-bond donors (Lipinski definition) is 1. The first kappa shape index (κ1) is 18.9. The summed E-state index contributed by atoms with van der Waals surface area (Å²) >= 11 is 0. The molecular weight excluding hydrogens is 304 g/mol. The lowest BCUT2D eigenvalue weighted by Crippen LogP contribution is -2.36.